The Kier molecular flexibility index (Phi) is 5.99. The summed E-state index contributed by atoms with van der Waals surface area (Å²) in [6.45, 7) is 12.3. The van der Waals surface area contributed by atoms with Gasteiger partial charge in [-0.25, -0.2) is 0 Å². The zero-order valence-electron chi connectivity index (χ0n) is 17.7. The fourth-order valence-corrected chi connectivity index (χ4v) is 5.38. The van der Waals surface area contributed by atoms with E-state index in [2.05, 4.69) is 66.7 Å². The molecule has 1 aromatic carbocycles. The van der Waals surface area contributed by atoms with Crippen LogP contribution in [-0.4, -0.2) is 46.5 Å². The van der Waals surface area contributed by atoms with E-state index in [0.717, 1.165) is 36.2 Å². The highest BCUT2D eigenvalue weighted by Gasteiger charge is 2.44. The van der Waals surface area contributed by atoms with E-state index in [1.807, 2.05) is 30.1 Å². The van der Waals surface area contributed by atoms with Crippen molar-refractivity contribution in [1.29, 1.82) is 0 Å². The predicted molar refractivity (Wildman–Crippen MR) is 122 cm³/mol. The Labute approximate surface area is 178 Å². The highest BCUT2D eigenvalue weighted by Crippen LogP contribution is 2.50. The average Bonchev–Trinajstić information content (AvgIpc) is 3.26. The average molecular weight is 411 g/mol. The molecule has 29 heavy (non-hydrogen) atoms. The molecule has 2 aliphatic rings. The Balaban J connectivity index is 1.78. The van der Waals surface area contributed by atoms with E-state index in [1.165, 1.54) is 11.3 Å². The number of benzene rings is 1. The van der Waals surface area contributed by atoms with Crippen LogP contribution >= 0.6 is 11.8 Å². The van der Waals surface area contributed by atoms with Gasteiger partial charge in [0.15, 0.2) is 5.17 Å². The highest BCUT2D eigenvalue weighted by molar-refractivity contribution is 8.14. The van der Waals surface area contributed by atoms with Gasteiger partial charge in [0.25, 0.3) is 0 Å². The highest BCUT2D eigenvalue weighted by atomic mass is 32.2. The van der Waals surface area contributed by atoms with Gasteiger partial charge < -0.3 is 14.5 Å². The number of rotatable bonds is 7. The van der Waals surface area contributed by atoms with Gasteiger partial charge in [-0.3, -0.25) is 9.98 Å². The second-order valence-electron chi connectivity index (χ2n) is 7.46. The van der Waals surface area contributed by atoms with E-state index in [0.29, 0.717) is 11.9 Å². The normalized spacial score (nSPS) is 23.1. The second kappa shape index (κ2) is 8.66. The second-order valence-corrected chi connectivity index (χ2v) is 8.87. The van der Waals surface area contributed by atoms with E-state index in [-0.39, 0.29) is 12.1 Å². The van der Waals surface area contributed by atoms with Crippen LogP contribution in [0, 0.1) is 0 Å². The Hall–Kier alpha value is -2.21. The molecule has 3 atom stereocenters. The van der Waals surface area contributed by atoms with Crippen molar-refractivity contribution < 1.29 is 4.74 Å². The molecule has 0 bridgehead atoms. The molecule has 4 rings (SSSR count). The van der Waals surface area contributed by atoms with E-state index in [4.69, 9.17) is 9.73 Å². The van der Waals surface area contributed by atoms with E-state index in [1.54, 1.807) is 0 Å². The van der Waals surface area contributed by atoms with Crippen LogP contribution in [0.3, 0.4) is 0 Å². The molecule has 2 aromatic rings. The SMILES string of the molecule is CCOc1cc(N(CC)CC)ccc1[C@H]1[C@@H](c2ccccn2)N=C2S[C@@H](C)CN21. The number of amidine groups is 1. The number of fused-ring (bicyclic) bond motifs is 1. The summed E-state index contributed by atoms with van der Waals surface area (Å²) >= 11 is 1.87. The van der Waals surface area contributed by atoms with Crippen LogP contribution in [0.2, 0.25) is 0 Å². The Morgan fingerprint density at radius 3 is 2.69 bits per heavy atom. The minimum Gasteiger partial charge on any atom is -0.493 e. The largest absolute Gasteiger partial charge is 0.493 e. The minimum atomic E-state index is -0.00953. The van der Waals surface area contributed by atoms with Gasteiger partial charge in [-0.05, 0) is 39.0 Å². The van der Waals surface area contributed by atoms with Gasteiger partial charge in [0, 0.05) is 48.4 Å². The summed E-state index contributed by atoms with van der Waals surface area (Å²) < 4.78 is 6.16. The van der Waals surface area contributed by atoms with Gasteiger partial charge in [-0.1, -0.05) is 30.8 Å². The predicted octanol–water partition coefficient (Wildman–Crippen LogP) is 4.92. The molecule has 0 unspecified atom stereocenters. The lowest BCUT2D eigenvalue weighted by molar-refractivity contribution is 0.292. The fraction of sp³-hybridized carbons (Fsp3) is 0.478. The van der Waals surface area contributed by atoms with Crippen LogP contribution in [-0.2, 0) is 0 Å². The van der Waals surface area contributed by atoms with Crippen LogP contribution in [0.4, 0.5) is 5.69 Å². The number of hydrogen-bond donors (Lipinski definition) is 0. The molecule has 0 saturated carbocycles. The molecule has 6 heteroatoms. The van der Waals surface area contributed by atoms with Crippen molar-refractivity contribution in [3.05, 3.63) is 53.9 Å². The maximum Gasteiger partial charge on any atom is 0.160 e. The molecule has 0 radical (unpaired) electrons. The first-order chi connectivity index (χ1) is 14.2. The Morgan fingerprint density at radius 1 is 1.17 bits per heavy atom. The number of aliphatic imine (C=N–C) groups is 1. The number of aromatic nitrogens is 1. The van der Waals surface area contributed by atoms with Gasteiger partial charge in [0.2, 0.25) is 0 Å². The van der Waals surface area contributed by atoms with Gasteiger partial charge >= 0.3 is 0 Å². The fourth-order valence-electron chi connectivity index (χ4n) is 4.29. The monoisotopic (exact) mass is 410 g/mol. The molecule has 154 valence electrons. The summed E-state index contributed by atoms with van der Waals surface area (Å²) in [5, 5.41) is 1.68. The molecule has 1 saturated heterocycles. The quantitative estimate of drug-likeness (QED) is 0.648. The van der Waals surface area contributed by atoms with Crippen LogP contribution in [0.25, 0.3) is 0 Å². The smallest absolute Gasteiger partial charge is 0.160 e. The molecule has 1 aromatic heterocycles. The topological polar surface area (TPSA) is 41.0 Å². The van der Waals surface area contributed by atoms with Gasteiger partial charge in [0.1, 0.15) is 11.8 Å². The maximum absolute atomic E-state index is 6.16. The summed E-state index contributed by atoms with van der Waals surface area (Å²) in [5.74, 6) is 0.962. The molecule has 0 amide bonds. The Bertz CT molecular complexity index is 868. The van der Waals surface area contributed by atoms with Crippen LogP contribution < -0.4 is 9.64 Å². The van der Waals surface area contributed by atoms with E-state index in [9.17, 15) is 0 Å². The first-order valence-electron chi connectivity index (χ1n) is 10.6. The summed E-state index contributed by atoms with van der Waals surface area (Å²) in [4.78, 5) is 14.5. The Morgan fingerprint density at radius 2 is 2.00 bits per heavy atom. The minimum absolute atomic E-state index is 0.00953. The number of hydrogen-bond acceptors (Lipinski definition) is 6. The van der Waals surface area contributed by atoms with Crippen LogP contribution in [0.15, 0.2) is 47.6 Å². The third-order valence-corrected chi connectivity index (χ3v) is 6.73. The van der Waals surface area contributed by atoms with E-state index < -0.39 is 0 Å². The van der Waals surface area contributed by atoms with E-state index >= 15 is 0 Å². The lowest BCUT2D eigenvalue weighted by Gasteiger charge is -2.30. The zero-order chi connectivity index (χ0) is 20.4. The van der Waals surface area contributed by atoms with Crippen molar-refractivity contribution in [2.24, 2.45) is 4.99 Å². The van der Waals surface area contributed by atoms with Crippen molar-refractivity contribution in [1.82, 2.24) is 9.88 Å². The molecular formula is C23H30N4OS. The van der Waals surface area contributed by atoms with Crippen molar-refractivity contribution in [3.63, 3.8) is 0 Å². The summed E-state index contributed by atoms with van der Waals surface area (Å²) in [6.07, 6.45) is 1.86. The lowest BCUT2D eigenvalue weighted by atomic mass is 9.95. The molecular weight excluding hydrogens is 380 g/mol. The number of ether oxygens (including phenoxy) is 1. The number of nitrogens with zero attached hydrogens (tertiary/aromatic N) is 4. The molecule has 1 fully saturated rings. The number of pyridine rings is 1. The standard InChI is InChI=1S/C23H30N4OS/c1-5-26(6-2)17-11-12-18(20(14-17)28-7-3)22-21(19-10-8-9-13-24-19)25-23-27(22)15-16(4)29-23/h8-14,16,21-22H,5-7,15H2,1-4H3/t16-,21+,22-/m0/s1. The van der Waals surface area contributed by atoms with Crippen molar-refractivity contribution in [2.75, 3.05) is 31.1 Å². The maximum atomic E-state index is 6.16. The number of anilines is 1. The molecule has 5 nitrogen and oxygen atoms in total. The summed E-state index contributed by atoms with van der Waals surface area (Å²) in [6, 6.07) is 12.9. The molecule has 0 spiro atoms. The van der Waals surface area contributed by atoms with Crippen LogP contribution in [0.5, 0.6) is 5.75 Å². The van der Waals surface area contributed by atoms with Crippen molar-refractivity contribution >= 4 is 22.6 Å². The zero-order valence-corrected chi connectivity index (χ0v) is 18.5. The van der Waals surface area contributed by atoms with Crippen LogP contribution in [0.1, 0.15) is 51.0 Å². The first-order valence-corrected chi connectivity index (χ1v) is 11.5. The molecule has 3 heterocycles. The molecule has 0 aliphatic carbocycles. The lowest BCUT2D eigenvalue weighted by Crippen LogP contribution is -2.29. The van der Waals surface area contributed by atoms with Gasteiger partial charge in [-0.2, -0.15) is 0 Å². The summed E-state index contributed by atoms with van der Waals surface area (Å²) in [7, 11) is 0. The summed E-state index contributed by atoms with van der Waals surface area (Å²) in [5.41, 5.74) is 3.43. The molecule has 2 aliphatic heterocycles. The van der Waals surface area contributed by atoms with Crippen molar-refractivity contribution in [3.8, 4) is 5.75 Å². The third-order valence-electron chi connectivity index (χ3n) is 5.63. The van der Waals surface area contributed by atoms with Gasteiger partial charge in [-0.15, -0.1) is 0 Å². The van der Waals surface area contributed by atoms with Crippen molar-refractivity contribution in [2.45, 2.75) is 45.0 Å². The third kappa shape index (κ3) is 3.82. The molecule has 0 N–H and O–H groups in total. The first kappa shape index (κ1) is 20.1. The van der Waals surface area contributed by atoms with Gasteiger partial charge in [0.05, 0.1) is 18.3 Å². The number of thioether (sulfide) groups is 1.